The average Bonchev–Trinajstić information content (AvgIpc) is 3.13. The van der Waals surface area contributed by atoms with E-state index in [4.69, 9.17) is 9.47 Å². The molecule has 1 unspecified atom stereocenters. The van der Waals surface area contributed by atoms with Crippen molar-refractivity contribution in [1.82, 2.24) is 20.5 Å². The third-order valence-electron chi connectivity index (χ3n) is 4.51. The molecule has 1 atom stereocenters. The lowest BCUT2D eigenvalue weighted by molar-refractivity contribution is 0.143. The van der Waals surface area contributed by atoms with Crippen molar-refractivity contribution in [2.24, 2.45) is 4.99 Å². The Morgan fingerprint density at radius 1 is 1.31 bits per heavy atom. The maximum Gasteiger partial charge on any atom is 0.213 e. The fourth-order valence-electron chi connectivity index (χ4n) is 3.09. The quantitative estimate of drug-likeness (QED) is 0.374. The molecule has 0 amide bonds. The lowest BCUT2D eigenvalue weighted by Gasteiger charge is -2.24. The van der Waals surface area contributed by atoms with Gasteiger partial charge in [0, 0.05) is 38.5 Å². The van der Waals surface area contributed by atoms with Crippen LogP contribution in [0.15, 0.2) is 23.3 Å². The SMILES string of the molecule is CCNC(=NCc1ccc(OCCOC)nc1)NCC1CCCN1CC. The van der Waals surface area contributed by atoms with Crippen LogP contribution in [0.2, 0.25) is 0 Å². The molecule has 7 heteroatoms. The van der Waals surface area contributed by atoms with E-state index in [1.54, 1.807) is 7.11 Å². The number of rotatable bonds is 10. The van der Waals surface area contributed by atoms with Gasteiger partial charge in [-0.25, -0.2) is 9.98 Å². The lowest BCUT2D eigenvalue weighted by Crippen LogP contribution is -2.44. The number of hydrogen-bond acceptors (Lipinski definition) is 5. The van der Waals surface area contributed by atoms with Crippen molar-refractivity contribution in [3.8, 4) is 5.88 Å². The van der Waals surface area contributed by atoms with E-state index in [-0.39, 0.29) is 0 Å². The summed E-state index contributed by atoms with van der Waals surface area (Å²) in [6.45, 7) is 10.1. The summed E-state index contributed by atoms with van der Waals surface area (Å²) in [7, 11) is 1.65. The molecule has 1 aliphatic rings. The van der Waals surface area contributed by atoms with Gasteiger partial charge in [0.25, 0.3) is 0 Å². The molecule has 0 saturated carbocycles. The summed E-state index contributed by atoms with van der Waals surface area (Å²) >= 11 is 0. The van der Waals surface area contributed by atoms with Crippen LogP contribution in [0.25, 0.3) is 0 Å². The molecule has 0 bridgehead atoms. The van der Waals surface area contributed by atoms with Gasteiger partial charge in [-0.2, -0.15) is 0 Å². The van der Waals surface area contributed by atoms with Crippen molar-refractivity contribution in [3.05, 3.63) is 23.9 Å². The summed E-state index contributed by atoms with van der Waals surface area (Å²) in [6.07, 6.45) is 4.36. The summed E-state index contributed by atoms with van der Waals surface area (Å²) in [6, 6.07) is 4.48. The highest BCUT2D eigenvalue weighted by Crippen LogP contribution is 2.15. The van der Waals surface area contributed by atoms with Crippen LogP contribution in [0.1, 0.15) is 32.3 Å². The van der Waals surface area contributed by atoms with Crippen molar-refractivity contribution in [3.63, 3.8) is 0 Å². The molecule has 1 aliphatic heterocycles. The molecular formula is C19H33N5O2. The second-order valence-corrected chi connectivity index (χ2v) is 6.35. The van der Waals surface area contributed by atoms with Crippen LogP contribution < -0.4 is 15.4 Å². The number of aliphatic imine (C=N–C) groups is 1. The monoisotopic (exact) mass is 363 g/mol. The Balaban J connectivity index is 1.83. The highest BCUT2D eigenvalue weighted by Gasteiger charge is 2.22. The number of likely N-dealkylation sites (tertiary alicyclic amines) is 1. The van der Waals surface area contributed by atoms with Crippen LogP contribution in [-0.2, 0) is 11.3 Å². The van der Waals surface area contributed by atoms with Gasteiger partial charge in [-0.15, -0.1) is 0 Å². The van der Waals surface area contributed by atoms with Gasteiger partial charge in [0.1, 0.15) is 6.61 Å². The second-order valence-electron chi connectivity index (χ2n) is 6.35. The molecule has 1 aromatic rings. The van der Waals surface area contributed by atoms with Gasteiger partial charge in [-0.3, -0.25) is 4.90 Å². The topological polar surface area (TPSA) is 71.0 Å². The summed E-state index contributed by atoms with van der Waals surface area (Å²) in [5.74, 6) is 1.47. The maximum absolute atomic E-state index is 5.48. The minimum atomic E-state index is 0.505. The number of nitrogens with zero attached hydrogens (tertiary/aromatic N) is 3. The molecular weight excluding hydrogens is 330 g/mol. The predicted octanol–water partition coefficient (Wildman–Crippen LogP) is 1.65. The minimum Gasteiger partial charge on any atom is -0.475 e. The van der Waals surface area contributed by atoms with Gasteiger partial charge in [-0.05, 0) is 38.4 Å². The molecule has 0 radical (unpaired) electrons. The number of nitrogens with one attached hydrogen (secondary N) is 2. The molecule has 2 N–H and O–H groups in total. The van der Waals surface area contributed by atoms with Gasteiger partial charge in [0.2, 0.25) is 5.88 Å². The van der Waals surface area contributed by atoms with Gasteiger partial charge >= 0.3 is 0 Å². The predicted molar refractivity (Wildman–Crippen MR) is 105 cm³/mol. The normalized spacial score (nSPS) is 18.1. The fraction of sp³-hybridized carbons (Fsp3) is 0.684. The number of ether oxygens (including phenoxy) is 2. The first kappa shape index (κ1) is 20.5. The van der Waals surface area contributed by atoms with Crippen LogP contribution in [0, 0.1) is 0 Å². The Kier molecular flexibility index (Phi) is 9.20. The number of pyridine rings is 1. The molecule has 26 heavy (non-hydrogen) atoms. The van der Waals surface area contributed by atoms with E-state index in [2.05, 4.69) is 39.4 Å². The Morgan fingerprint density at radius 2 is 2.19 bits per heavy atom. The van der Waals surface area contributed by atoms with Crippen LogP contribution >= 0.6 is 0 Å². The zero-order valence-electron chi connectivity index (χ0n) is 16.3. The van der Waals surface area contributed by atoms with Gasteiger partial charge in [-0.1, -0.05) is 13.0 Å². The number of methoxy groups -OCH3 is 1. The molecule has 146 valence electrons. The largest absolute Gasteiger partial charge is 0.475 e. The highest BCUT2D eigenvalue weighted by atomic mass is 16.5. The molecule has 7 nitrogen and oxygen atoms in total. The summed E-state index contributed by atoms with van der Waals surface area (Å²) in [5.41, 5.74) is 1.05. The van der Waals surface area contributed by atoms with E-state index in [0.29, 0.717) is 31.7 Å². The van der Waals surface area contributed by atoms with Gasteiger partial charge < -0.3 is 20.1 Å². The standard InChI is InChI=1S/C19H33N5O2/c1-4-20-19(23-15-17-7-6-10-24(17)5-2)22-14-16-8-9-18(21-13-16)26-12-11-25-3/h8-9,13,17H,4-7,10-12,14-15H2,1-3H3,(H2,20,22,23). The van der Waals surface area contributed by atoms with Crippen LogP contribution in [0.4, 0.5) is 0 Å². The average molecular weight is 364 g/mol. The van der Waals surface area contributed by atoms with Crippen molar-refractivity contribution in [2.45, 2.75) is 39.3 Å². The lowest BCUT2D eigenvalue weighted by atomic mass is 10.2. The summed E-state index contributed by atoms with van der Waals surface area (Å²) in [4.78, 5) is 11.5. The van der Waals surface area contributed by atoms with E-state index in [1.807, 2.05) is 18.3 Å². The zero-order valence-corrected chi connectivity index (χ0v) is 16.3. The Labute approximate surface area is 157 Å². The van der Waals surface area contributed by atoms with Crippen LogP contribution in [0.3, 0.4) is 0 Å². The molecule has 1 fully saturated rings. The van der Waals surface area contributed by atoms with E-state index < -0.39 is 0 Å². The van der Waals surface area contributed by atoms with E-state index in [0.717, 1.165) is 31.2 Å². The first-order valence-corrected chi connectivity index (χ1v) is 9.59. The Morgan fingerprint density at radius 3 is 2.88 bits per heavy atom. The first-order chi connectivity index (χ1) is 12.8. The van der Waals surface area contributed by atoms with E-state index >= 15 is 0 Å². The van der Waals surface area contributed by atoms with Crippen LogP contribution in [0.5, 0.6) is 5.88 Å². The number of hydrogen-bond donors (Lipinski definition) is 2. The first-order valence-electron chi connectivity index (χ1n) is 9.59. The van der Waals surface area contributed by atoms with E-state index in [9.17, 15) is 0 Å². The van der Waals surface area contributed by atoms with E-state index in [1.165, 1.54) is 19.4 Å². The van der Waals surface area contributed by atoms with Gasteiger partial charge in [0.15, 0.2) is 5.96 Å². The maximum atomic E-state index is 5.48. The zero-order chi connectivity index (χ0) is 18.6. The molecule has 2 rings (SSSR count). The number of likely N-dealkylation sites (N-methyl/N-ethyl adjacent to an activating group) is 1. The fourth-order valence-corrected chi connectivity index (χ4v) is 3.09. The Hall–Kier alpha value is -1.86. The molecule has 2 heterocycles. The molecule has 1 saturated heterocycles. The number of aromatic nitrogens is 1. The van der Waals surface area contributed by atoms with Crippen molar-refractivity contribution in [2.75, 3.05) is 46.5 Å². The molecule has 1 aromatic heterocycles. The van der Waals surface area contributed by atoms with Crippen molar-refractivity contribution in [1.29, 1.82) is 0 Å². The highest BCUT2D eigenvalue weighted by molar-refractivity contribution is 5.79. The molecule has 0 aromatic carbocycles. The third kappa shape index (κ3) is 6.80. The summed E-state index contributed by atoms with van der Waals surface area (Å²) in [5, 5.41) is 6.80. The number of guanidine groups is 1. The Bertz CT molecular complexity index is 535. The van der Waals surface area contributed by atoms with Crippen molar-refractivity contribution >= 4 is 5.96 Å². The van der Waals surface area contributed by atoms with Crippen LogP contribution in [-0.4, -0.2) is 68.4 Å². The smallest absolute Gasteiger partial charge is 0.213 e. The minimum absolute atomic E-state index is 0.505. The summed E-state index contributed by atoms with van der Waals surface area (Å²) < 4.78 is 10.4. The van der Waals surface area contributed by atoms with Gasteiger partial charge in [0.05, 0.1) is 13.2 Å². The molecule has 0 aliphatic carbocycles. The molecule has 0 spiro atoms. The third-order valence-corrected chi connectivity index (χ3v) is 4.51. The second kappa shape index (κ2) is 11.7. The van der Waals surface area contributed by atoms with Crippen molar-refractivity contribution < 1.29 is 9.47 Å².